The predicted octanol–water partition coefficient (Wildman–Crippen LogP) is 6.19. The molecule has 3 aromatic carbocycles. The Morgan fingerprint density at radius 2 is 1.73 bits per heavy atom. The standard InChI is InChI=1S/C28H27N3O2/c1-3-20-9-4-6-11-24(20)29-28(32)31-19-22-10-5-7-12-25(22)30-18-8-13-26(30)27(31)21-14-16-23(33-2)17-15-21/h4-18,27H,3,19H2,1-2H3,(H,29,32)/t27-/m1/s1. The number of carbonyl (C=O) groups excluding carboxylic acids is 1. The summed E-state index contributed by atoms with van der Waals surface area (Å²) in [5, 5.41) is 3.19. The van der Waals surface area contributed by atoms with Crippen molar-refractivity contribution < 1.29 is 9.53 Å². The molecule has 1 aliphatic rings. The monoisotopic (exact) mass is 437 g/mol. The van der Waals surface area contributed by atoms with E-state index in [1.807, 2.05) is 65.6 Å². The first kappa shape index (κ1) is 20.9. The Labute approximate surface area is 194 Å². The van der Waals surface area contributed by atoms with E-state index in [9.17, 15) is 4.79 Å². The van der Waals surface area contributed by atoms with Crippen LogP contribution in [0.15, 0.2) is 91.1 Å². The summed E-state index contributed by atoms with van der Waals surface area (Å²) in [6.07, 6.45) is 2.92. The largest absolute Gasteiger partial charge is 0.497 e. The van der Waals surface area contributed by atoms with Crippen LogP contribution in [0.2, 0.25) is 0 Å². The smallest absolute Gasteiger partial charge is 0.322 e. The first-order chi connectivity index (χ1) is 16.2. The van der Waals surface area contributed by atoms with Crippen molar-refractivity contribution in [3.63, 3.8) is 0 Å². The van der Waals surface area contributed by atoms with E-state index in [4.69, 9.17) is 4.74 Å². The minimum Gasteiger partial charge on any atom is -0.497 e. The molecule has 1 aliphatic heterocycles. The molecule has 0 saturated heterocycles. The van der Waals surface area contributed by atoms with Crippen molar-refractivity contribution >= 4 is 11.7 Å². The van der Waals surface area contributed by atoms with Crippen molar-refractivity contribution in [3.05, 3.63) is 114 Å². The predicted molar refractivity (Wildman–Crippen MR) is 131 cm³/mol. The highest BCUT2D eigenvalue weighted by molar-refractivity contribution is 5.91. The number of anilines is 1. The highest BCUT2D eigenvalue weighted by Gasteiger charge is 2.33. The maximum atomic E-state index is 13.8. The van der Waals surface area contributed by atoms with Crippen LogP contribution in [0.5, 0.6) is 5.75 Å². The molecule has 1 atom stereocenters. The molecule has 0 radical (unpaired) electrons. The van der Waals surface area contributed by atoms with E-state index in [0.717, 1.165) is 45.9 Å². The van der Waals surface area contributed by atoms with Gasteiger partial charge in [-0.1, -0.05) is 55.5 Å². The molecule has 1 aromatic heterocycles. The van der Waals surface area contributed by atoms with Crippen molar-refractivity contribution in [1.29, 1.82) is 0 Å². The Morgan fingerprint density at radius 3 is 2.52 bits per heavy atom. The number of aryl methyl sites for hydroxylation is 1. The van der Waals surface area contributed by atoms with Crippen molar-refractivity contribution in [2.24, 2.45) is 0 Å². The molecule has 0 bridgehead atoms. The van der Waals surface area contributed by atoms with Gasteiger partial charge in [-0.25, -0.2) is 4.79 Å². The van der Waals surface area contributed by atoms with Gasteiger partial charge in [-0.05, 0) is 59.5 Å². The van der Waals surface area contributed by atoms with Gasteiger partial charge in [-0.15, -0.1) is 0 Å². The lowest BCUT2D eigenvalue weighted by molar-refractivity contribution is 0.194. The summed E-state index contributed by atoms with van der Waals surface area (Å²) in [5.74, 6) is 0.791. The van der Waals surface area contributed by atoms with Crippen LogP contribution in [0, 0.1) is 0 Å². The van der Waals surface area contributed by atoms with Gasteiger partial charge in [0.2, 0.25) is 0 Å². The van der Waals surface area contributed by atoms with Gasteiger partial charge >= 0.3 is 6.03 Å². The number of methoxy groups -OCH3 is 1. The van der Waals surface area contributed by atoms with Gasteiger partial charge in [0.1, 0.15) is 5.75 Å². The summed E-state index contributed by atoms with van der Waals surface area (Å²) < 4.78 is 7.56. The van der Waals surface area contributed by atoms with Gasteiger partial charge in [0.05, 0.1) is 25.4 Å². The van der Waals surface area contributed by atoms with Crippen LogP contribution < -0.4 is 10.1 Å². The third-order valence-corrected chi connectivity index (χ3v) is 6.30. The fourth-order valence-electron chi connectivity index (χ4n) is 4.61. The quantitative estimate of drug-likeness (QED) is 0.414. The fourth-order valence-corrected chi connectivity index (χ4v) is 4.61. The maximum absolute atomic E-state index is 13.8. The fraction of sp³-hybridized carbons (Fsp3) is 0.179. The summed E-state index contributed by atoms with van der Waals surface area (Å²) in [5.41, 5.74) is 6.24. The van der Waals surface area contributed by atoms with Gasteiger partial charge in [-0.2, -0.15) is 0 Å². The molecule has 0 saturated carbocycles. The molecule has 5 rings (SSSR count). The Bertz CT molecular complexity index is 1280. The summed E-state index contributed by atoms with van der Waals surface area (Å²) >= 11 is 0. The third kappa shape index (κ3) is 3.87. The van der Waals surface area contributed by atoms with Crippen LogP contribution in [0.3, 0.4) is 0 Å². The van der Waals surface area contributed by atoms with Crippen molar-refractivity contribution in [1.82, 2.24) is 9.47 Å². The summed E-state index contributed by atoms with van der Waals surface area (Å²) in [7, 11) is 1.66. The second-order valence-electron chi connectivity index (χ2n) is 8.18. The number of hydrogen-bond acceptors (Lipinski definition) is 2. The van der Waals surface area contributed by atoms with E-state index in [0.29, 0.717) is 6.54 Å². The molecule has 5 heteroatoms. The second kappa shape index (κ2) is 8.87. The first-order valence-corrected chi connectivity index (χ1v) is 11.2. The van der Waals surface area contributed by atoms with E-state index in [2.05, 4.69) is 47.3 Å². The zero-order chi connectivity index (χ0) is 22.8. The van der Waals surface area contributed by atoms with Crippen LogP contribution in [0.25, 0.3) is 5.69 Å². The van der Waals surface area contributed by atoms with E-state index < -0.39 is 0 Å². The summed E-state index contributed by atoms with van der Waals surface area (Å²) in [6.45, 7) is 2.59. The maximum Gasteiger partial charge on any atom is 0.322 e. The third-order valence-electron chi connectivity index (χ3n) is 6.30. The zero-order valence-corrected chi connectivity index (χ0v) is 18.9. The Kier molecular flexibility index (Phi) is 5.61. The van der Waals surface area contributed by atoms with Crippen LogP contribution >= 0.6 is 0 Å². The molecular weight excluding hydrogens is 410 g/mol. The topological polar surface area (TPSA) is 46.5 Å². The van der Waals surface area contributed by atoms with E-state index in [1.165, 1.54) is 0 Å². The number of carbonyl (C=O) groups is 1. The average molecular weight is 438 g/mol. The highest BCUT2D eigenvalue weighted by atomic mass is 16.5. The average Bonchev–Trinajstić information content (AvgIpc) is 3.28. The van der Waals surface area contributed by atoms with Crippen LogP contribution in [-0.4, -0.2) is 22.6 Å². The number of urea groups is 1. The summed E-state index contributed by atoms with van der Waals surface area (Å²) in [6, 6.07) is 28.0. The van der Waals surface area contributed by atoms with E-state index >= 15 is 0 Å². The number of benzene rings is 3. The molecular formula is C28H27N3O2. The number of nitrogens with one attached hydrogen (secondary N) is 1. The lowest BCUT2D eigenvalue weighted by Gasteiger charge is -2.31. The number of rotatable bonds is 4. The number of amides is 2. The SMILES string of the molecule is CCc1ccccc1NC(=O)N1Cc2ccccc2-n2cccc2[C@H]1c1ccc(OC)cc1. The minimum absolute atomic E-state index is 0.124. The number of nitrogens with zero attached hydrogens (tertiary/aromatic N) is 2. The van der Waals surface area contributed by atoms with Gasteiger partial charge in [0.25, 0.3) is 0 Å². The Hall–Kier alpha value is -3.99. The molecule has 1 N–H and O–H groups in total. The van der Waals surface area contributed by atoms with Crippen molar-refractivity contribution in [3.8, 4) is 11.4 Å². The number of para-hydroxylation sites is 2. The molecule has 4 aromatic rings. The summed E-state index contributed by atoms with van der Waals surface area (Å²) in [4.78, 5) is 15.7. The van der Waals surface area contributed by atoms with Gasteiger partial charge in [-0.3, -0.25) is 0 Å². The molecule has 0 fully saturated rings. The first-order valence-electron chi connectivity index (χ1n) is 11.2. The van der Waals surface area contributed by atoms with Crippen LogP contribution in [0.4, 0.5) is 10.5 Å². The number of fused-ring (bicyclic) bond motifs is 3. The molecule has 5 nitrogen and oxygen atoms in total. The molecule has 0 unspecified atom stereocenters. The van der Waals surface area contributed by atoms with Crippen molar-refractivity contribution in [2.45, 2.75) is 25.9 Å². The van der Waals surface area contributed by atoms with Crippen molar-refractivity contribution in [2.75, 3.05) is 12.4 Å². The normalized spacial score (nSPS) is 14.7. The van der Waals surface area contributed by atoms with E-state index in [-0.39, 0.29) is 12.1 Å². The zero-order valence-electron chi connectivity index (χ0n) is 18.9. The lowest BCUT2D eigenvalue weighted by Crippen LogP contribution is -2.38. The lowest BCUT2D eigenvalue weighted by atomic mass is 10.0. The molecule has 2 amide bonds. The molecule has 0 spiro atoms. The Morgan fingerprint density at radius 1 is 0.970 bits per heavy atom. The molecule has 0 aliphatic carbocycles. The molecule has 2 heterocycles. The van der Waals surface area contributed by atoms with Crippen LogP contribution in [0.1, 0.15) is 35.3 Å². The molecule has 166 valence electrons. The number of ether oxygens (including phenoxy) is 1. The van der Waals surface area contributed by atoms with Crippen LogP contribution in [-0.2, 0) is 13.0 Å². The van der Waals surface area contributed by atoms with E-state index in [1.54, 1.807) is 7.11 Å². The van der Waals surface area contributed by atoms with Gasteiger partial charge < -0.3 is 19.5 Å². The van der Waals surface area contributed by atoms with Gasteiger partial charge in [0.15, 0.2) is 0 Å². The van der Waals surface area contributed by atoms with Gasteiger partial charge in [0, 0.05) is 17.6 Å². The second-order valence-corrected chi connectivity index (χ2v) is 8.18. The number of hydrogen-bond donors (Lipinski definition) is 1. The minimum atomic E-state index is -0.257. The molecule has 33 heavy (non-hydrogen) atoms. The highest BCUT2D eigenvalue weighted by Crippen LogP contribution is 2.37. The Balaban J connectivity index is 1.62. The number of aromatic nitrogens is 1.